The Morgan fingerprint density at radius 1 is 0.750 bits per heavy atom. The Labute approximate surface area is 337 Å². The van der Waals surface area contributed by atoms with Crippen molar-refractivity contribution >= 4 is 44.0 Å². The fourth-order valence-electron chi connectivity index (χ4n) is 6.63. The van der Waals surface area contributed by atoms with Crippen LogP contribution in [0.2, 0.25) is 0 Å². The molecular weight excluding hydrogens is 715 g/mol. The molecule has 0 radical (unpaired) electrons. The molecule has 56 heavy (non-hydrogen) atoms. The van der Waals surface area contributed by atoms with Gasteiger partial charge in [-0.2, -0.15) is 0 Å². The summed E-state index contributed by atoms with van der Waals surface area (Å²) >= 11 is 1.80. The van der Waals surface area contributed by atoms with E-state index in [1.165, 1.54) is 26.4 Å². The van der Waals surface area contributed by atoms with Crippen molar-refractivity contribution < 1.29 is 14.3 Å². The quantitative estimate of drug-likeness (QED) is 0.0425. The lowest BCUT2D eigenvalue weighted by Crippen LogP contribution is -2.46. The average Bonchev–Trinajstić information content (AvgIpc) is 3.71. The van der Waals surface area contributed by atoms with E-state index < -0.39 is 0 Å². The summed E-state index contributed by atoms with van der Waals surface area (Å²) in [5.74, 6) is 0.374. The van der Waals surface area contributed by atoms with Gasteiger partial charge in [-0.1, -0.05) is 85.9 Å². The van der Waals surface area contributed by atoms with Crippen molar-refractivity contribution in [1.82, 2.24) is 9.47 Å². The summed E-state index contributed by atoms with van der Waals surface area (Å²) in [5, 5.41) is 4.43. The van der Waals surface area contributed by atoms with Crippen LogP contribution in [0.5, 0.6) is 5.75 Å². The third kappa shape index (κ3) is 14.3. The Balaban J connectivity index is 0.936. The summed E-state index contributed by atoms with van der Waals surface area (Å²) in [6.45, 7) is 7.91. The Bertz CT molecular complexity index is 2030. The van der Waals surface area contributed by atoms with Crippen molar-refractivity contribution in [2.75, 3.05) is 44.2 Å². The van der Waals surface area contributed by atoms with E-state index in [9.17, 15) is 9.59 Å². The molecule has 1 fully saturated rings. The van der Waals surface area contributed by atoms with Crippen LogP contribution in [0.4, 0.5) is 5.69 Å². The molecule has 5 rings (SSSR count). The first-order chi connectivity index (χ1) is 27.6. The molecule has 7 nitrogen and oxygen atoms in total. The van der Waals surface area contributed by atoms with Gasteiger partial charge in [0.05, 0.1) is 12.1 Å². The number of pyridine rings is 1. The Morgan fingerprint density at radius 2 is 1.41 bits per heavy atom. The highest BCUT2D eigenvalue weighted by Crippen LogP contribution is 2.31. The molecule has 3 heterocycles. The molecule has 296 valence electrons. The number of allylic oxidation sites excluding steroid dienone is 12. The second kappa shape index (κ2) is 24.6. The average molecular weight is 774 g/mol. The number of anilines is 1. The lowest BCUT2D eigenvalue weighted by atomic mass is 10.2. The van der Waals surface area contributed by atoms with Gasteiger partial charge in [0.15, 0.2) is 6.73 Å². The van der Waals surface area contributed by atoms with Crippen LogP contribution in [0.3, 0.4) is 0 Å². The highest BCUT2D eigenvalue weighted by atomic mass is 32.1. The highest BCUT2D eigenvalue weighted by Gasteiger charge is 2.18. The zero-order chi connectivity index (χ0) is 39.0. The Hall–Kier alpha value is -4.92. The van der Waals surface area contributed by atoms with Crippen LogP contribution in [0.1, 0.15) is 71.1 Å². The number of ether oxygens (including phenoxy) is 2. The second-order valence-corrected chi connectivity index (χ2v) is 14.9. The van der Waals surface area contributed by atoms with Crippen LogP contribution in [0.25, 0.3) is 21.0 Å². The molecule has 8 heteroatoms. The van der Waals surface area contributed by atoms with Crippen molar-refractivity contribution in [2.45, 2.75) is 77.9 Å². The molecule has 0 amide bonds. The van der Waals surface area contributed by atoms with Crippen LogP contribution in [-0.2, 0) is 16.3 Å². The third-order valence-corrected chi connectivity index (χ3v) is 10.6. The number of unbranched alkanes of at least 4 members (excludes halogenated alkanes) is 1. The summed E-state index contributed by atoms with van der Waals surface area (Å²) in [6.07, 6.45) is 34.6. The molecule has 4 aromatic rings. The van der Waals surface area contributed by atoms with Crippen molar-refractivity contribution in [2.24, 2.45) is 0 Å². The maximum absolute atomic E-state index is 12.8. The van der Waals surface area contributed by atoms with Crippen molar-refractivity contribution in [3.05, 3.63) is 143 Å². The molecule has 2 aromatic carbocycles. The van der Waals surface area contributed by atoms with E-state index in [4.69, 9.17) is 9.47 Å². The Morgan fingerprint density at radius 3 is 2.11 bits per heavy atom. The predicted octanol–water partition coefficient (Wildman–Crippen LogP) is 11.2. The molecule has 0 bridgehead atoms. The van der Waals surface area contributed by atoms with E-state index >= 15 is 0 Å². The first kappa shape index (κ1) is 42.2. The number of nitrogens with zero attached hydrogens (tertiary/aromatic N) is 3. The summed E-state index contributed by atoms with van der Waals surface area (Å²) in [5.41, 5.74) is 1.83. The molecule has 0 unspecified atom stereocenters. The molecular formula is C48H59N3O4S. The van der Waals surface area contributed by atoms with Gasteiger partial charge in [0.2, 0.25) is 0 Å². The summed E-state index contributed by atoms with van der Waals surface area (Å²) in [4.78, 5) is 30.4. The van der Waals surface area contributed by atoms with Crippen molar-refractivity contribution in [1.29, 1.82) is 0 Å². The number of carbonyl (C=O) groups is 1. The number of thiophene rings is 1. The molecule has 0 N–H and O–H groups in total. The summed E-state index contributed by atoms with van der Waals surface area (Å²) < 4.78 is 14.5. The number of aromatic nitrogens is 1. The highest BCUT2D eigenvalue weighted by molar-refractivity contribution is 7.17. The largest absolute Gasteiger partial charge is 0.494 e. The maximum atomic E-state index is 12.8. The normalized spacial score (nSPS) is 14.4. The SMILES string of the molecule is CC/C=C/C/C=C/C/C=C/C/C=C/C/C=C/C/C=C/CCC(=O)OCn1c(=O)ccc2ccc(OCCCCN3CCN(c4cccc5sccc45)CC3)cc21. The zero-order valence-corrected chi connectivity index (χ0v) is 33.9. The van der Waals surface area contributed by atoms with Gasteiger partial charge in [-0.05, 0) is 111 Å². The van der Waals surface area contributed by atoms with Gasteiger partial charge in [0, 0.05) is 60.5 Å². The van der Waals surface area contributed by atoms with Crippen molar-refractivity contribution in [3.8, 4) is 5.75 Å². The van der Waals surface area contributed by atoms with Gasteiger partial charge in [0.1, 0.15) is 5.75 Å². The van der Waals surface area contributed by atoms with E-state index in [-0.39, 0.29) is 24.7 Å². The van der Waals surface area contributed by atoms with E-state index in [1.807, 2.05) is 24.3 Å². The van der Waals surface area contributed by atoms with Gasteiger partial charge in [-0.25, -0.2) is 0 Å². The molecule has 1 aliphatic rings. The first-order valence-corrected chi connectivity index (χ1v) is 21.3. The molecule has 1 saturated heterocycles. The molecule has 2 aromatic heterocycles. The molecule has 0 spiro atoms. The fraction of sp³-hybridized carbons (Fsp3) is 0.375. The lowest BCUT2D eigenvalue weighted by molar-refractivity contribution is -0.147. The molecule has 0 saturated carbocycles. The molecule has 1 aliphatic heterocycles. The first-order valence-electron chi connectivity index (χ1n) is 20.4. The number of hydrogen-bond acceptors (Lipinski definition) is 7. The third-order valence-electron chi connectivity index (χ3n) is 9.75. The minimum Gasteiger partial charge on any atom is -0.494 e. The van der Waals surface area contributed by atoms with E-state index in [0.717, 1.165) is 89.5 Å². The van der Waals surface area contributed by atoms with Gasteiger partial charge < -0.3 is 14.4 Å². The van der Waals surface area contributed by atoms with Crippen LogP contribution in [-0.4, -0.2) is 54.8 Å². The van der Waals surface area contributed by atoms with E-state index in [1.54, 1.807) is 17.4 Å². The van der Waals surface area contributed by atoms with E-state index in [0.29, 0.717) is 24.3 Å². The summed E-state index contributed by atoms with van der Waals surface area (Å²) in [7, 11) is 0. The number of benzene rings is 2. The van der Waals surface area contributed by atoms with Gasteiger partial charge >= 0.3 is 5.97 Å². The van der Waals surface area contributed by atoms with Crippen molar-refractivity contribution in [3.63, 3.8) is 0 Å². The van der Waals surface area contributed by atoms with Crippen LogP contribution < -0.4 is 15.2 Å². The smallest absolute Gasteiger partial charge is 0.307 e. The monoisotopic (exact) mass is 773 g/mol. The standard InChI is InChI=1S/C48H59N3O4S/c1-2-3-4-5-6-7-8-9-10-11-12-13-14-15-16-17-18-19-20-26-48(53)55-40-51-45-39-42(29-27-41(45)28-30-47(51)52)54-37-22-21-32-49-33-35-50(36-34-49)44-24-23-25-46-43(44)31-38-56-46/h3-4,6-7,9-10,12-13,15-16,18-19,23-25,27-31,38-39H,2,5,8,11,14,17,20-22,26,32-37,40H2,1H3/b4-3+,7-6+,10-9+,13-12+,16-15+,19-18+. The zero-order valence-electron chi connectivity index (χ0n) is 33.1. The fourth-order valence-corrected chi connectivity index (χ4v) is 7.44. The number of piperazine rings is 1. The molecule has 0 atom stereocenters. The minimum atomic E-state index is -0.331. The number of carbonyl (C=O) groups excluding carboxylic acids is 1. The molecule has 0 aliphatic carbocycles. The van der Waals surface area contributed by atoms with Gasteiger partial charge in [-0.15, -0.1) is 11.3 Å². The van der Waals surface area contributed by atoms with Crippen LogP contribution >= 0.6 is 11.3 Å². The second-order valence-electron chi connectivity index (χ2n) is 13.9. The maximum Gasteiger partial charge on any atom is 0.307 e. The topological polar surface area (TPSA) is 64.0 Å². The summed E-state index contributed by atoms with van der Waals surface area (Å²) in [6, 6.07) is 17.9. The van der Waals surface area contributed by atoms with E-state index in [2.05, 4.69) is 113 Å². The van der Waals surface area contributed by atoms with Gasteiger partial charge in [0.25, 0.3) is 5.56 Å². The predicted molar refractivity (Wildman–Crippen MR) is 237 cm³/mol. The van der Waals surface area contributed by atoms with Crippen LogP contribution in [0, 0.1) is 0 Å². The number of hydrogen-bond donors (Lipinski definition) is 0. The number of rotatable bonds is 23. The number of esters is 1. The lowest BCUT2D eigenvalue weighted by Gasteiger charge is -2.36. The Kier molecular flexibility index (Phi) is 18.5. The minimum absolute atomic E-state index is 0.127. The van der Waals surface area contributed by atoms with Crippen LogP contribution in [0.15, 0.2) is 138 Å². The van der Waals surface area contributed by atoms with Gasteiger partial charge in [-0.3, -0.25) is 19.1 Å². The number of fused-ring (bicyclic) bond motifs is 2.